The predicted molar refractivity (Wildman–Crippen MR) is 135 cm³/mol. The van der Waals surface area contributed by atoms with Crippen LogP contribution in [0.15, 0.2) is 23.3 Å². The lowest BCUT2D eigenvalue weighted by Gasteiger charge is -2.34. The molecule has 3 heterocycles. The number of hydrogen-bond donors (Lipinski definition) is 3. The number of imidazole rings is 1. The van der Waals surface area contributed by atoms with Crippen LogP contribution in [0.2, 0.25) is 0 Å². The number of benzene rings is 1. The summed E-state index contributed by atoms with van der Waals surface area (Å²) < 4.78 is 14.1. The van der Waals surface area contributed by atoms with Crippen molar-refractivity contribution < 1.29 is 4.39 Å². The zero-order valence-corrected chi connectivity index (χ0v) is 20.6. The van der Waals surface area contributed by atoms with E-state index in [9.17, 15) is 4.39 Å². The Kier molecular flexibility index (Phi) is 7.37. The van der Waals surface area contributed by atoms with Crippen molar-refractivity contribution >= 4 is 22.6 Å². The molecule has 2 aliphatic rings. The van der Waals surface area contributed by atoms with Crippen molar-refractivity contribution in [3.63, 3.8) is 0 Å². The van der Waals surface area contributed by atoms with Gasteiger partial charge in [0.1, 0.15) is 11.6 Å². The van der Waals surface area contributed by atoms with E-state index in [4.69, 9.17) is 9.98 Å². The molecule has 33 heavy (non-hydrogen) atoms. The van der Waals surface area contributed by atoms with Crippen molar-refractivity contribution in [3.8, 4) is 0 Å². The molecule has 0 amide bonds. The highest BCUT2D eigenvalue weighted by molar-refractivity contribution is 5.90. The van der Waals surface area contributed by atoms with E-state index in [1.165, 1.54) is 38.4 Å². The van der Waals surface area contributed by atoms with E-state index in [-0.39, 0.29) is 11.4 Å². The van der Waals surface area contributed by atoms with Crippen LogP contribution in [0.25, 0.3) is 16.6 Å². The highest BCUT2D eigenvalue weighted by Crippen LogP contribution is 2.38. The normalized spacial score (nSPS) is 22.2. The van der Waals surface area contributed by atoms with Gasteiger partial charge in [-0.05, 0) is 83.6 Å². The molecule has 180 valence electrons. The summed E-state index contributed by atoms with van der Waals surface area (Å²) in [4.78, 5) is 15.8. The minimum atomic E-state index is -0.351. The summed E-state index contributed by atoms with van der Waals surface area (Å²) in [6.07, 6.45) is 9.93. The van der Waals surface area contributed by atoms with Crippen LogP contribution in [0.1, 0.15) is 70.2 Å². The number of likely N-dealkylation sites (tertiary alicyclic amines) is 1. The van der Waals surface area contributed by atoms with E-state index in [1.54, 1.807) is 13.0 Å². The minimum Gasteiger partial charge on any atom is -0.356 e. The van der Waals surface area contributed by atoms with E-state index >= 15 is 0 Å². The van der Waals surface area contributed by atoms with Crippen molar-refractivity contribution in [1.82, 2.24) is 25.5 Å². The van der Waals surface area contributed by atoms with Crippen LogP contribution >= 0.6 is 0 Å². The van der Waals surface area contributed by atoms with E-state index in [0.717, 1.165) is 61.0 Å². The number of aryl methyl sites for hydroxylation is 1. The smallest absolute Gasteiger partial charge is 0.196 e. The summed E-state index contributed by atoms with van der Waals surface area (Å²) in [5.74, 6) is 2.24. The third kappa shape index (κ3) is 5.08. The first kappa shape index (κ1) is 23.7. The summed E-state index contributed by atoms with van der Waals surface area (Å²) in [5, 5.41) is 6.90. The highest BCUT2D eigenvalue weighted by atomic mass is 19.1. The maximum absolute atomic E-state index is 14.1. The number of aromatic nitrogens is 2. The average Bonchev–Trinajstić information content (AvgIpc) is 3.25. The van der Waals surface area contributed by atoms with Gasteiger partial charge in [-0.25, -0.2) is 14.4 Å². The van der Waals surface area contributed by atoms with Gasteiger partial charge in [0.05, 0.1) is 16.6 Å². The third-order valence-corrected chi connectivity index (χ3v) is 7.45. The van der Waals surface area contributed by atoms with Crippen LogP contribution in [-0.2, 0) is 0 Å². The fraction of sp³-hybridized carbons (Fsp3) is 0.615. The number of fused-ring (bicyclic) bond motifs is 1. The lowest BCUT2D eigenvalue weighted by atomic mass is 9.82. The summed E-state index contributed by atoms with van der Waals surface area (Å²) in [6, 6.07) is 3.26. The number of rotatable bonds is 8. The van der Waals surface area contributed by atoms with Gasteiger partial charge in [-0.15, -0.1) is 0 Å². The first-order chi connectivity index (χ1) is 16.0. The number of piperidine rings is 1. The molecule has 3 N–H and O–H groups in total. The number of guanidine groups is 1. The van der Waals surface area contributed by atoms with Crippen molar-refractivity contribution in [1.29, 1.82) is 0 Å². The van der Waals surface area contributed by atoms with E-state index in [2.05, 4.69) is 41.4 Å². The van der Waals surface area contributed by atoms with Gasteiger partial charge in [-0.2, -0.15) is 0 Å². The average molecular weight is 455 g/mol. The topological polar surface area (TPSA) is 68.3 Å². The summed E-state index contributed by atoms with van der Waals surface area (Å²) in [6.45, 7) is 9.54. The van der Waals surface area contributed by atoms with Crippen LogP contribution in [0.5, 0.6) is 0 Å². The second-order valence-electron chi connectivity index (χ2n) is 9.77. The maximum atomic E-state index is 14.1. The van der Waals surface area contributed by atoms with Gasteiger partial charge in [0.2, 0.25) is 0 Å². The first-order valence-corrected chi connectivity index (χ1v) is 12.6. The largest absolute Gasteiger partial charge is 0.356 e. The number of halogens is 1. The standard InChI is InChI=1S/C26H39FN6/c1-5-13-26(6-2)20(24-30-22-10-9-21(27)18(3)23(22)31-24)17-29-25(32-26)28-14-7-8-19-11-15-33(4)16-12-19/h9-10,17,19H,5-8,11-16H2,1-4H3,(H,30,31)(H2,28,29,32). The molecule has 1 aromatic carbocycles. The molecule has 1 unspecified atom stereocenters. The molecular weight excluding hydrogens is 415 g/mol. The number of nitrogens with one attached hydrogen (secondary N) is 3. The number of aromatic amines is 1. The van der Waals surface area contributed by atoms with Gasteiger partial charge in [0.15, 0.2) is 5.96 Å². The van der Waals surface area contributed by atoms with Gasteiger partial charge in [-0.3, -0.25) is 0 Å². The zero-order valence-electron chi connectivity index (χ0n) is 20.6. The lowest BCUT2D eigenvalue weighted by molar-refractivity contribution is 0.210. The fourth-order valence-electron chi connectivity index (χ4n) is 5.27. The molecule has 4 rings (SSSR count). The molecule has 1 atom stereocenters. The first-order valence-electron chi connectivity index (χ1n) is 12.6. The summed E-state index contributed by atoms with van der Waals surface area (Å²) in [7, 11) is 2.22. The Hall–Kier alpha value is -2.41. The Morgan fingerprint density at radius 2 is 2.03 bits per heavy atom. The summed E-state index contributed by atoms with van der Waals surface area (Å²) in [5.41, 5.74) is 2.81. The molecule has 2 aliphatic heterocycles. The van der Waals surface area contributed by atoms with Crippen LogP contribution in [0.4, 0.5) is 4.39 Å². The van der Waals surface area contributed by atoms with Crippen LogP contribution in [0, 0.1) is 18.7 Å². The Balaban J connectivity index is 1.46. The SMILES string of the molecule is CCCC1(CC)N=C(NCCCC2CCN(C)CC2)NC=C1c1nc2c(C)c(F)ccc2[nH]1. The highest BCUT2D eigenvalue weighted by Gasteiger charge is 2.37. The molecule has 7 heteroatoms. The number of aliphatic imine (C=N–C) groups is 1. The van der Waals surface area contributed by atoms with Crippen molar-refractivity contribution in [3.05, 3.63) is 35.5 Å². The molecule has 6 nitrogen and oxygen atoms in total. The predicted octanol–water partition coefficient (Wildman–Crippen LogP) is 4.97. The second kappa shape index (κ2) is 10.2. The molecule has 0 radical (unpaired) electrons. The Labute approximate surface area is 197 Å². The molecule has 1 fully saturated rings. The lowest BCUT2D eigenvalue weighted by Crippen LogP contribution is -2.44. The quantitative estimate of drug-likeness (QED) is 0.493. The molecule has 2 aromatic rings. The van der Waals surface area contributed by atoms with E-state index in [1.807, 2.05) is 6.20 Å². The number of H-pyrrole nitrogens is 1. The van der Waals surface area contributed by atoms with Crippen LogP contribution < -0.4 is 10.6 Å². The maximum Gasteiger partial charge on any atom is 0.196 e. The number of nitrogens with zero attached hydrogens (tertiary/aromatic N) is 3. The molecule has 0 aliphatic carbocycles. The van der Waals surface area contributed by atoms with Gasteiger partial charge in [0.25, 0.3) is 0 Å². The van der Waals surface area contributed by atoms with Gasteiger partial charge in [0, 0.05) is 23.9 Å². The van der Waals surface area contributed by atoms with E-state index < -0.39 is 0 Å². The molecule has 0 spiro atoms. The Morgan fingerprint density at radius 3 is 2.76 bits per heavy atom. The van der Waals surface area contributed by atoms with E-state index in [0.29, 0.717) is 11.1 Å². The Morgan fingerprint density at radius 1 is 1.24 bits per heavy atom. The molecule has 0 bridgehead atoms. The Bertz CT molecular complexity index is 1020. The van der Waals surface area contributed by atoms with Crippen LogP contribution in [-0.4, -0.2) is 53.0 Å². The molecule has 0 saturated carbocycles. The minimum absolute atomic E-state index is 0.226. The summed E-state index contributed by atoms with van der Waals surface area (Å²) >= 11 is 0. The molecule has 1 aromatic heterocycles. The molecular formula is C26H39FN6. The van der Waals surface area contributed by atoms with Crippen molar-refractivity contribution in [2.24, 2.45) is 10.9 Å². The number of hydrogen-bond acceptors (Lipinski definition) is 5. The third-order valence-electron chi connectivity index (χ3n) is 7.45. The van der Waals surface area contributed by atoms with Gasteiger partial charge < -0.3 is 20.5 Å². The van der Waals surface area contributed by atoms with Crippen molar-refractivity contribution in [2.45, 2.75) is 71.3 Å². The van der Waals surface area contributed by atoms with Gasteiger partial charge >= 0.3 is 0 Å². The zero-order chi connectivity index (χ0) is 23.4. The van der Waals surface area contributed by atoms with Crippen LogP contribution in [0.3, 0.4) is 0 Å². The fourth-order valence-corrected chi connectivity index (χ4v) is 5.27. The molecule has 1 saturated heterocycles. The second-order valence-corrected chi connectivity index (χ2v) is 9.77. The van der Waals surface area contributed by atoms with Gasteiger partial charge in [-0.1, -0.05) is 20.3 Å². The van der Waals surface area contributed by atoms with Crippen molar-refractivity contribution in [2.75, 3.05) is 26.7 Å². The monoisotopic (exact) mass is 454 g/mol.